The third-order valence-corrected chi connectivity index (χ3v) is 2.29. The molecule has 2 rings (SSSR count). The van der Waals surface area contributed by atoms with Gasteiger partial charge in [-0.2, -0.15) is 0 Å². The van der Waals surface area contributed by atoms with E-state index in [-0.39, 0.29) is 6.10 Å². The maximum Gasteiger partial charge on any atom is 0.138 e. The minimum atomic E-state index is 0.283. The molecule has 2 aromatic rings. The number of nitrogens with one attached hydrogen (secondary N) is 1. The first-order chi connectivity index (χ1) is 7.77. The van der Waals surface area contributed by atoms with Crippen molar-refractivity contribution in [3.63, 3.8) is 0 Å². The van der Waals surface area contributed by atoms with E-state index in [1.165, 1.54) is 0 Å². The largest absolute Gasteiger partial charge is 0.377 e. The molecule has 0 saturated carbocycles. The fourth-order valence-corrected chi connectivity index (χ4v) is 1.57. The molecule has 2 aromatic heterocycles. The van der Waals surface area contributed by atoms with Gasteiger partial charge in [-0.1, -0.05) is 6.07 Å². The Balaban J connectivity index is 1.96. The third kappa shape index (κ3) is 2.52. The first-order valence-corrected chi connectivity index (χ1v) is 5.55. The molecule has 0 aromatic carbocycles. The Morgan fingerprint density at radius 2 is 2.31 bits per heavy atom. The summed E-state index contributed by atoms with van der Waals surface area (Å²) in [5.41, 5.74) is 0.953. The van der Waals surface area contributed by atoms with Gasteiger partial charge in [0, 0.05) is 18.9 Å². The molecule has 0 aliphatic rings. The van der Waals surface area contributed by atoms with E-state index in [0.29, 0.717) is 6.61 Å². The zero-order valence-electron chi connectivity index (χ0n) is 9.68. The standard InChI is InChI=1S/C12H17N3O/c1-10(2)16-9-7-14-12-5-3-4-11-13-6-8-15(11)12/h3-6,8,10,14H,7,9H2,1-2H3. The highest BCUT2D eigenvalue weighted by molar-refractivity contribution is 5.49. The SMILES string of the molecule is CC(C)OCCNc1cccc2nccn12. The lowest BCUT2D eigenvalue weighted by molar-refractivity contribution is 0.0870. The molecule has 0 unspecified atom stereocenters. The maximum absolute atomic E-state index is 5.47. The van der Waals surface area contributed by atoms with Crippen LogP contribution in [0.4, 0.5) is 5.82 Å². The van der Waals surface area contributed by atoms with Gasteiger partial charge in [0.15, 0.2) is 0 Å². The van der Waals surface area contributed by atoms with Crippen molar-refractivity contribution in [2.24, 2.45) is 0 Å². The van der Waals surface area contributed by atoms with Crippen LogP contribution in [0.3, 0.4) is 0 Å². The van der Waals surface area contributed by atoms with Crippen LogP contribution in [-0.4, -0.2) is 28.6 Å². The van der Waals surface area contributed by atoms with Crippen LogP contribution >= 0.6 is 0 Å². The number of hydrogen-bond donors (Lipinski definition) is 1. The Morgan fingerprint density at radius 1 is 1.44 bits per heavy atom. The first kappa shape index (κ1) is 11.0. The molecule has 0 radical (unpaired) electrons. The Kier molecular flexibility index (Phi) is 3.41. The molecular weight excluding hydrogens is 202 g/mol. The van der Waals surface area contributed by atoms with Crippen molar-refractivity contribution in [2.75, 3.05) is 18.5 Å². The molecule has 0 amide bonds. The number of pyridine rings is 1. The maximum atomic E-state index is 5.47. The summed E-state index contributed by atoms with van der Waals surface area (Å²) in [5, 5.41) is 3.33. The molecule has 0 spiro atoms. The van der Waals surface area contributed by atoms with Crippen molar-refractivity contribution in [1.29, 1.82) is 0 Å². The average Bonchev–Trinajstić information content (AvgIpc) is 2.72. The van der Waals surface area contributed by atoms with E-state index in [1.807, 2.05) is 42.6 Å². The van der Waals surface area contributed by atoms with Crippen LogP contribution < -0.4 is 5.32 Å². The fraction of sp³-hybridized carbons (Fsp3) is 0.417. The van der Waals surface area contributed by atoms with Crippen molar-refractivity contribution >= 4 is 11.5 Å². The second-order valence-electron chi connectivity index (χ2n) is 3.91. The molecule has 0 fully saturated rings. The van der Waals surface area contributed by atoms with E-state index in [2.05, 4.69) is 10.3 Å². The van der Waals surface area contributed by atoms with Gasteiger partial charge in [0.1, 0.15) is 11.5 Å². The number of aromatic nitrogens is 2. The van der Waals surface area contributed by atoms with Crippen molar-refractivity contribution in [2.45, 2.75) is 20.0 Å². The zero-order valence-corrected chi connectivity index (χ0v) is 9.68. The number of hydrogen-bond acceptors (Lipinski definition) is 3. The lowest BCUT2D eigenvalue weighted by Gasteiger charge is -2.10. The summed E-state index contributed by atoms with van der Waals surface area (Å²) in [7, 11) is 0. The summed E-state index contributed by atoms with van der Waals surface area (Å²) in [6.07, 6.45) is 4.03. The lowest BCUT2D eigenvalue weighted by Crippen LogP contribution is -2.14. The van der Waals surface area contributed by atoms with Gasteiger partial charge in [0.25, 0.3) is 0 Å². The molecule has 0 saturated heterocycles. The van der Waals surface area contributed by atoms with Gasteiger partial charge in [-0.15, -0.1) is 0 Å². The topological polar surface area (TPSA) is 38.6 Å². The van der Waals surface area contributed by atoms with Gasteiger partial charge in [-0.3, -0.25) is 4.40 Å². The summed E-state index contributed by atoms with van der Waals surface area (Å²) in [4.78, 5) is 4.23. The Bertz CT molecular complexity index is 450. The van der Waals surface area contributed by atoms with Crippen molar-refractivity contribution in [1.82, 2.24) is 9.38 Å². The van der Waals surface area contributed by atoms with E-state index in [9.17, 15) is 0 Å². The summed E-state index contributed by atoms with van der Waals surface area (Å²) >= 11 is 0. The highest BCUT2D eigenvalue weighted by Gasteiger charge is 1.99. The third-order valence-electron chi connectivity index (χ3n) is 2.29. The molecule has 16 heavy (non-hydrogen) atoms. The van der Waals surface area contributed by atoms with Gasteiger partial charge in [0.05, 0.1) is 12.7 Å². The lowest BCUT2D eigenvalue weighted by atomic mass is 10.4. The van der Waals surface area contributed by atoms with Gasteiger partial charge >= 0.3 is 0 Å². The molecule has 0 aliphatic heterocycles. The molecule has 0 atom stereocenters. The molecule has 0 bridgehead atoms. The predicted molar refractivity (Wildman–Crippen MR) is 64.8 cm³/mol. The molecule has 0 aliphatic carbocycles. The van der Waals surface area contributed by atoms with E-state index in [1.54, 1.807) is 6.20 Å². The number of nitrogens with zero attached hydrogens (tertiary/aromatic N) is 2. The zero-order chi connectivity index (χ0) is 11.4. The number of anilines is 1. The second kappa shape index (κ2) is 4.99. The average molecular weight is 219 g/mol. The van der Waals surface area contributed by atoms with Crippen LogP contribution in [-0.2, 0) is 4.74 Å². The highest BCUT2D eigenvalue weighted by atomic mass is 16.5. The van der Waals surface area contributed by atoms with Crippen molar-refractivity contribution in [3.05, 3.63) is 30.6 Å². The number of ether oxygens (including phenoxy) is 1. The number of imidazole rings is 1. The molecule has 4 nitrogen and oxygen atoms in total. The molecule has 1 N–H and O–H groups in total. The number of rotatable bonds is 5. The van der Waals surface area contributed by atoms with Gasteiger partial charge in [0.2, 0.25) is 0 Å². The van der Waals surface area contributed by atoms with Crippen LogP contribution in [0.15, 0.2) is 30.6 Å². The summed E-state index contributed by atoms with van der Waals surface area (Å²) in [6.45, 7) is 5.59. The summed E-state index contributed by atoms with van der Waals surface area (Å²) < 4.78 is 7.49. The van der Waals surface area contributed by atoms with Gasteiger partial charge in [-0.05, 0) is 26.0 Å². The minimum absolute atomic E-state index is 0.283. The van der Waals surface area contributed by atoms with Gasteiger partial charge in [-0.25, -0.2) is 4.98 Å². The molecule has 2 heterocycles. The Hall–Kier alpha value is -1.55. The van der Waals surface area contributed by atoms with Crippen LogP contribution in [0.2, 0.25) is 0 Å². The minimum Gasteiger partial charge on any atom is -0.377 e. The predicted octanol–water partition coefficient (Wildman–Crippen LogP) is 2.17. The first-order valence-electron chi connectivity index (χ1n) is 5.55. The van der Waals surface area contributed by atoms with E-state index >= 15 is 0 Å². The number of fused-ring (bicyclic) bond motifs is 1. The molecular formula is C12H17N3O. The van der Waals surface area contributed by atoms with E-state index < -0.39 is 0 Å². The van der Waals surface area contributed by atoms with Crippen LogP contribution in [0.5, 0.6) is 0 Å². The molecule has 4 heteroatoms. The Labute approximate surface area is 95.3 Å². The summed E-state index contributed by atoms with van der Waals surface area (Å²) in [6, 6.07) is 6.01. The van der Waals surface area contributed by atoms with Crippen molar-refractivity contribution < 1.29 is 4.74 Å². The van der Waals surface area contributed by atoms with Crippen LogP contribution in [0, 0.1) is 0 Å². The normalized spacial score (nSPS) is 11.2. The van der Waals surface area contributed by atoms with E-state index in [0.717, 1.165) is 18.0 Å². The van der Waals surface area contributed by atoms with Crippen LogP contribution in [0.1, 0.15) is 13.8 Å². The smallest absolute Gasteiger partial charge is 0.138 e. The van der Waals surface area contributed by atoms with Crippen LogP contribution in [0.25, 0.3) is 5.65 Å². The quantitative estimate of drug-likeness (QED) is 0.783. The van der Waals surface area contributed by atoms with Gasteiger partial charge < -0.3 is 10.1 Å². The highest BCUT2D eigenvalue weighted by Crippen LogP contribution is 2.10. The van der Waals surface area contributed by atoms with E-state index in [4.69, 9.17) is 4.74 Å². The molecule has 86 valence electrons. The Morgan fingerprint density at radius 3 is 3.12 bits per heavy atom. The second-order valence-corrected chi connectivity index (χ2v) is 3.91. The fourth-order valence-electron chi connectivity index (χ4n) is 1.57. The summed E-state index contributed by atoms with van der Waals surface area (Å²) in [5.74, 6) is 1.04. The monoisotopic (exact) mass is 219 g/mol. The van der Waals surface area contributed by atoms with Crippen molar-refractivity contribution in [3.8, 4) is 0 Å².